The smallest absolute Gasteiger partial charge is 0.413 e. The molecule has 0 amide bonds. The second-order valence-corrected chi connectivity index (χ2v) is 3.16. The number of nitrogens with one attached hydrogen (secondary N) is 1. The number of aromatic amines is 1. The Kier molecular flexibility index (Phi) is 2.17. The zero-order valence-electron chi connectivity index (χ0n) is 7.10. The molecule has 0 atom stereocenters. The molecule has 1 N–H and O–H groups in total. The van der Waals surface area contributed by atoms with Gasteiger partial charge in [0.05, 0.1) is 5.69 Å². The van der Waals surface area contributed by atoms with E-state index in [9.17, 15) is 4.79 Å². The van der Waals surface area contributed by atoms with Crippen LogP contribution in [0, 0.1) is 12.8 Å². The van der Waals surface area contributed by atoms with Gasteiger partial charge in [0, 0.05) is 6.42 Å². The van der Waals surface area contributed by atoms with Crippen LogP contribution in [-0.2, 0) is 6.42 Å². The number of oxazole rings is 1. The highest BCUT2D eigenvalue weighted by Gasteiger charge is 2.06. The molecule has 1 aromatic heterocycles. The minimum Gasteiger partial charge on any atom is -0.413 e. The van der Waals surface area contributed by atoms with Crippen LogP contribution in [-0.4, -0.2) is 4.98 Å². The average Bonchev–Trinajstić information content (AvgIpc) is 2.09. The van der Waals surface area contributed by atoms with Crippen molar-refractivity contribution in [2.24, 2.45) is 5.92 Å². The van der Waals surface area contributed by atoms with E-state index in [0.717, 1.165) is 17.9 Å². The molecule has 0 saturated carbocycles. The van der Waals surface area contributed by atoms with Crippen LogP contribution >= 0.6 is 0 Å². The normalized spacial score (nSPS) is 10.9. The number of rotatable bonds is 2. The third-order valence-electron chi connectivity index (χ3n) is 1.52. The average molecular weight is 155 g/mol. The minimum atomic E-state index is -0.349. The summed E-state index contributed by atoms with van der Waals surface area (Å²) in [5, 5.41) is 0. The zero-order valence-corrected chi connectivity index (χ0v) is 7.10. The summed E-state index contributed by atoms with van der Waals surface area (Å²) < 4.78 is 4.91. The summed E-state index contributed by atoms with van der Waals surface area (Å²) in [6, 6.07) is 0. The van der Waals surface area contributed by atoms with E-state index in [1.807, 2.05) is 6.92 Å². The predicted octanol–water partition coefficient (Wildman–Crippen LogP) is 1.47. The summed E-state index contributed by atoms with van der Waals surface area (Å²) in [5.74, 6) is 0.954. The maximum absolute atomic E-state index is 10.7. The van der Waals surface area contributed by atoms with Gasteiger partial charge in [0.2, 0.25) is 0 Å². The summed E-state index contributed by atoms with van der Waals surface area (Å²) in [6.07, 6.45) is 0.824. The summed E-state index contributed by atoms with van der Waals surface area (Å²) in [6.45, 7) is 6.03. The van der Waals surface area contributed by atoms with Gasteiger partial charge in [-0.15, -0.1) is 0 Å². The minimum absolute atomic E-state index is 0.349. The van der Waals surface area contributed by atoms with Gasteiger partial charge in [0.15, 0.2) is 0 Å². The van der Waals surface area contributed by atoms with Crippen molar-refractivity contribution in [3.63, 3.8) is 0 Å². The molecule has 11 heavy (non-hydrogen) atoms. The third-order valence-corrected chi connectivity index (χ3v) is 1.52. The van der Waals surface area contributed by atoms with Crippen LogP contribution in [0.5, 0.6) is 0 Å². The van der Waals surface area contributed by atoms with E-state index in [1.165, 1.54) is 0 Å². The second-order valence-electron chi connectivity index (χ2n) is 3.16. The summed E-state index contributed by atoms with van der Waals surface area (Å²) in [5.41, 5.74) is 0.851. The van der Waals surface area contributed by atoms with E-state index in [0.29, 0.717) is 5.92 Å². The van der Waals surface area contributed by atoms with E-state index < -0.39 is 0 Å². The summed E-state index contributed by atoms with van der Waals surface area (Å²) in [7, 11) is 0. The van der Waals surface area contributed by atoms with E-state index in [-0.39, 0.29) is 5.76 Å². The first kappa shape index (κ1) is 8.11. The van der Waals surface area contributed by atoms with Gasteiger partial charge in [-0.1, -0.05) is 13.8 Å². The molecule has 0 fully saturated rings. The van der Waals surface area contributed by atoms with Crippen LogP contribution in [0.2, 0.25) is 0 Å². The molecule has 0 saturated heterocycles. The molecular formula is C8H13NO2. The first-order valence-electron chi connectivity index (χ1n) is 3.78. The Morgan fingerprint density at radius 1 is 1.55 bits per heavy atom. The molecule has 0 spiro atoms. The lowest BCUT2D eigenvalue weighted by atomic mass is 10.1. The van der Waals surface area contributed by atoms with E-state index in [2.05, 4.69) is 18.8 Å². The van der Waals surface area contributed by atoms with Gasteiger partial charge >= 0.3 is 5.76 Å². The predicted molar refractivity (Wildman–Crippen MR) is 42.6 cm³/mol. The van der Waals surface area contributed by atoms with Gasteiger partial charge in [-0.3, -0.25) is 4.98 Å². The van der Waals surface area contributed by atoms with Crippen LogP contribution in [0.3, 0.4) is 0 Å². The highest BCUT2D eigenvalue weighted by Crippen LogP contribution is 2.08. The van der Waals surface area contributed by atoms with E-state index in [1.54, 1.807) is 0 Å². The summed E-state index contributed by atoms with van der Waals surface area (Å²) in [4.78, 5) is 13.3. The molecule has 3 nitrogen and oxygen atoms in total. The molecule has 1 rings (SSSR count). The van der Waals surface area contributed by atoms with Gasteiger partial charge < -0.3 is 4.42 Å². The molecule has 0 aromatic carbocycles. The quantitative estimate of drug-likeness (QED) is 0.703. The van der Waals surface area contributed by atoms with E-state index >= 15 is 0 Å². The van der Waals surface area contributed by atoms with Crippen LogP contribution in [0.4, 0.5) is 0 Å². The Balaban J connectivity index is 2.86. The van der Waals surface area contributed by atoms with Gasteiger partial charge in [0.25, 0.3) is 0 Å². The van der Waals surface area contributed by atoms with Crippen molar-refractivity contribution >= 4 is 0 Å². The van der Waals surface area contributed by atoms with Crippen LogP contribution in [0.1, 0.15) is 25.3 Å². The lowest BCUT2D eigenvalue weighted by molar-refractivity contribution is 0.441. The molecule has 62 valence electrons. The van der Waals surface area contributed by atoms with Crippen molar-refractivity contribution in [2.45, 2.75) is 27.2 Å². The third kappa shape index (κ3) is 1.97. The fourth-order valence-electron chi connectivity index (χ4n) is 1.00. The van der Waals surface area contributed by atoms with Crippen molar-refractivity contribution < 1.29 is 4.42 Å². The Morgan fingerprint density at radius 2 is 2.18 bits per heavy atom. The molecule has 0 aliphatic carbocycles. The monoisotopic (exact) mass is 155 g/mol. The zero-order chi connectivity index (χ0) is 8.43. The SMILES string of the molecule is Cc1[nH]c(=O)oc1CC(C)C. The molecule has 0 bridgehead atoms. The molecule has 0 aliphatic rings. The second kappa shape index (κ2) is 2.95. The molecule has 0 aliphatic heterocycles. The van der Waals surface area contributed by atoms with Gasteiger partial charge in [-0.05, 0) is 12.8 Å². The fourth-order valence-corrected chi connectivity index (χ4v) is 1.00. The Hall–Kier alpha value is -0.990. The largest absolute Gasteiger partial charge is 0.416 e. The molecule has 0 unspecified atom stereocenters. The molecule has 1 aromatic rings. The summed E-state index contributed by atoms with van der Waals surface area (Å²) >= 11 is 0. The Labute approximate surface area is 65.4 Å². The highest BCUT2D eigenvalue weighted by atomic mass is 16.4. The highest BCUT2D eigenvalue weighted by molar-refractivity contribution is 5.04. The first-order valence-corrected chi connectivity index (χ1v) is 3.78. The number of aromatic nitrogens is 1. The first-order chi connectivity index (χ1) is 5.09. The van der Waals surface area contributed by atoms with Crippen molar-refractivity contribution in [1.29, 1.82) is 0 Å². The van der Waals surface area contributed by atoms with Gasteiger partial charge in [-0.25, -0.2) is 4.79 Å². The molecule has 0 radical (unpaired) electrons. The van der Waals surface area contributed by atoms with Crippen LogP contribution in [0.25, 0.3) is 0 Å². The van der Waals surface area contributed by atoms with E-state index in [4.69, 9.17) is 4.42 Å². The fraction of sp³-hybridized carbons (Fsp3) is 0.625. The number of aryl methyl sites for hydroxylation is 1. The lowest BCUT2D eigenvalue weighted by Gasteiger charge is -1.99. The van der Waals surface area contributed by atoms with Crippen molar-refractivity contribution in [3.8, 4) is 0 Å². The van der Waals surface area contributed by atoms with Crippen molar-refractivity contribution in [2.75, 3.05) is 0 Å². The van der Waals surface area contributed by atoms with Gasteiger partial charge in [-0.2, -0.15) is 0 Å². The number of H-pyrrole nitrogens is 1. The van der Waals surface area contributed by atoms with Crippen LogP contribution in [0.15, 0.2) is 9.21 Å². The Bertz CT molecular complexity index is 283. The molecule has 1 heterocycles. The topological polar surface area (TPSA) is 46.0 Å². The van der Waals surface area contributed by atoms with Crippen LogP contribution < -0.4 is 5.76 Å². The Morgan fingerprint density at radius 3 is 2.55 bits per heavy atom. The maximum atomic E-state index is 10.7. The molecule has 3 heteroatoms. The van der Waals surface area contributed by atoms with Crippen molar-refractivity contribution in [3.05, 3.63) is 22.0 Å². The maximum Gasteiger partial charge on any atom is 0.416 e. The van der Waals surface area contributed by atoms with Crippen molar-refractivity contribution in [1.82, 2.24) is 4.98 Å². The number of hydrogen-bond donors (Lipinski definition) is 1. The number of hydrogen-bond acceptors (Lipinski definition) is 2. The standard InChI is InChI=1S/C8H13NO2/c1-5(2)4-7-6(3)9-8(10)11-7/h5H,4H2,1-3H3,(H,9,10). The van der Waals surface area contributed by atoms with Gasteiger partial charge in [0.1, 0.15) is 5.76 Å². The molecular weight excluding hydrogens is 142 g/mol. The lowest BCUT2D eigenvalue weighted by Crippen LogP contribution is -1.94.